The van der Waals surface area contributed by atoms with Gasteiger partial charge in [-0.1, -0.05) is 311 Å². The van der Waals surface area contributed by atoms with Crippen LogP contribution >= 0.6 is 15.6 Å². The first-order valence-corrected chi connectivity index (χ1v) is 40.0. The van der Waals surface area contributed by atoms with Crippen molar-refractivity contribution in [2.45, 2.75) is 381 Å². The molecule has 0 rings (SSSR count). The molecule has 0 aromatic carbocycles. The van der Waals surface area contributed by atoms with Crippen LogP contribution in [0.3, 0.4) is 0 Å². The van der Waals surface area contributed by atoms with Crippen LogP contribution in [0.4, 0.5) is 0 Å². The third-order valence-electron chi connectivity index (χ3n) is 16.5. The van der Waals surface area contributed by atoms with Gasteiger partial charge in [0.05, 0.1) is 26.4 Å². The molecule has 0 aromatic heterocycles. The molecule has 3 N–H and O–H groups in total. The summed E-state index contributed by atoms with van der Waals surface area (Å²) in [5.41, 5.74) is 0. The van der Waals surface area contributed by atoms with E-state index in [9.17, 15) is 43.2 Å². The van der Waals surface area contributed by atoms with Gasteiger partial charge in [0, 0.05) is 25.7 Å². The minimum absolute atomic E-state index is 0.107. The monoisotopic (exact) mass is 1320 g/mol. The maximum Gasteiger partial charge on any atom is 0.472 e. The molecule has 0 aliphatic heterocycles. The number of unbranched alkanes of at least 4 members (excludes halogenated alkanes) is 40. The van der Waals surface area contributed by atoms with Crippen LogP contribution in [0.25, 0.3) is 0 Å². The van der Waals surface area contributed by atoms with E-state index < -0.39 is 97.5 Å². The minimum Gasteiger partial charge on any atom is -0.462 e. The molecule has 0 saturated heterocycles. The normalized spacial score (nSPS) is 14.1. The van der Waals surface area contributed by atoms with Crippen LogP contribution in [0.5, 0.6) is 0 Å². The Morgan fingerprint density at radius 2 is 0.511 bits per heavy atom. The van der Waals surface area contributed by atoms with Crippen molar-refractivity contribution >= 4 is 39.5 Å². The molecule has 534 valence electrons. The molecule has 0 spiro atoms. The smallest absolute Gasteiger partial charge is 0.462 e. The van der Waals surface area contributed by atoms with Gasteiger partial charge in [-0.15, -0.1) is 0 Å². The van der Waals surface area contributed by atoms with Crippen molar-refractivity contribution in [1.82, 2.24) is 0 Å². The zero-order valence-electron chi connectivity index (χ0n) is 58.4. The first-order chi connectivity index (χ1) is 43.4. The summed E-state index contributed by atoms with van der Waals surface area (Å²) in [6.07, 6.45) is 48.5. The highest BCUT2D eigenvalue weighted by Gasteiger charge is 2.30. The molecule has 0 aliphatic carbocycles. The fourth-order valence-electron chi connectivity index (χ4n) is 10.8. The number of aliphatic hydroxyl groups excluding tert-OH is 1. The number of carbonyl (C=O) groups is 4. The minimum atomic E-state index is -4.95. The summed E-state index contributed by atoms with van der Waals surface area (Å²) in [6.45, 7) is 9.56. The van der Waals surface area contributed by atoms with Gasteiger partial charge in [0.25, 0.3) is 0 Å². The molecular weight excluding hydrogens is 1190 g/mol. The third kappa shape index (κ3) is 64.8. The van der Waals surface area contributed by atoms with E-state index in [4.69, 9.17) is 37.0 Å². The van der Waals surface area contributed by atoms with E-state index in [0.717, 1.165) is 102 Å². The number of phosphoric acid groups is 2. The SMILES string of the molecule is CCCCCCCCCCCCCC(=O)O[C@H](COC(=O)CCCCCCCCCCC)COP(=O)(O)OC[C@H](O)COP(=O)(O)OC[C@@H](COC(=O)CCCCCCCCCCCCC(C)C)OC(=O)CCCCCCCCCCCCCCCCC(C)C. The van der Waals surface area contributed by atoms with Crippen molar-refractivity contribution in [2.24, 2.45) is 11.8 Å². The van der Waals surface area contributed by atoms with Gasteiger partial charge in [-0.3, -0.25) is 37.3 Å². The van der Waals surface area contributed by atoms with E-state index in [0.29, 0.717) is 25.7 Å². The number of carbonyl (C=O) groups excluding carboxylic acids is 4. The molecule has 5 atom stereocenters. The maximum atomic E-state index is 13.0. The summed E-state index contributed by atoms with van der Waals surface area (Å²) in [4.78, 5) is 72.5. The van der Waals surface area contributed by atoms with Gasteiger partial charge in [-0.05, 0) is 37.5 Å². The van der Waals surface area contributed by atoms with Gasteiger partial charge < -0.3 is 33.8 Å². The molecule has 17 nitrogen and oxygen atoms in total. The predicted octanol–water partition coefficient (Wildman–Crippen LogP) is 20.4. The fourth-order valence-corrected chi connectivity index (χ4v) is 12.3. The second-order valence-electron chi connectivity index (χ2n) is 26.6. The number of aliphatic hydroxyl groups is 1. The topological polar surface area (TPSA) is 237 Å². The van der Waals surface area contributed by atoms with Crippen LogP contribution in [-0.2, 0) is 65.4 Å². The van der Waals surface area contributed by atoms with Crippen LogP contribution in [0.15, 0.2) is 0 Å². The Balaban J connectivity index is 5.23. The lowest BCUT2D eigenvalue weighted by atomic mass is 10.0. The fraction of sp³-hybridized carbons (Fsp3) is 0.944. The van der Waals surface area contributed by atoms with Gasteiger partial charge in [-0.25, -0.2) is 9.13 Å². The molecule has 0 aromatic rings. The lowest BCUT2D eigenvalue weighted by Gasteiger charge is -2.21. The van der Waals surface area contributed by atoms with Crippen LogP contribution < -0.4 is 0 Å². The quantitative estimate of drug-likeness (QED) is 0.0222. The molecular formula is C71H138O17P2. The summed E-state index contributed by atoms with van der Waals surface area (Å²) in [7, 11) is -9.90. The Morgan fingerprint density at radius 1 is 0.300 bits per heavy atom. The summed E-state index contributed by atoms with van der Waals surface area (Å²) < 4.78 is 68.3. The van der Waals surface area contributed by atoms with Gasteiger partial charge in [-0.2, -0.15) is 0 Å². The second kappa shape index (κ2) is 63.1. The summed E-state index contributed by atoms with van der Waals surface area (Å²) in [6, 6.07) is 0. The number of ether oxygens (including phenoxy) is 4. The Bertz CT molecular complexity index is 1750. The second-order valence-corrected chi connectivity index (χ2v) is 29.5. The zero-order chi connectivity index (χ0) is 66.5. The Morgan fingerprint density at radius 3 is 0.756 bits per heavy atom. The highest BCUT2D eigenvalue weighted by Crippen LogP contribution is 2.45. The summed E-state index contributed by atoms with van der Waals surface area (Å²) in [5, 5.41) is 10.6. The Labute approximate surface area is 549 Å². The molecule has 90 heavy (non-hydrogen) atoms. The van der Waals surface area contributed by atoms with Crippen LogP contribution in [0.1, 0.15) is 363 Å². The molecule has 0 bridgehead atoms. The number of rotatable bonds is 70. The van der Waals surface area contributed by atoms with Crippen LogP contribution in [0, 0.1) is 11.8 Å². The third-order valence-corrected chi connectivity index (χ3v) is 18.4. The van der Waals surface area contributed by atoms with Crippen molar-refractivity contribution in [1.29, 1.82) is 0 Å². The van der Waals surface area contributed by atoms with Crippen molar-refractivity contribution in [3.63, 3.8) is 0 Å². The predicted molar refractivity (Wildman–Crippen MR) is 363 cm³/mol. The standard InChI is InChI=1S/C71H138O17P2/c1-7-9-11-13-15-17-22-31-37-43-49-55-70(75)87-66(59-81-68(73)53-47-41-35-27-16-14-12-10-8-2)61-85-89(77,78)83-57-65(72)58-84-90(79,80)86-62-67(60-82-69(74)54-48-42-36-30-26-25-29-34-40-46-52-64(5)6)88-71(76)56-50-44-38-32-24-21-19-18-20-23-28-33-39-45-51-63(3)4/h63-67,72H,7-62H2,1-6H3,(H,77,78)(H,79,80)/t65-,66+,67+/m0/s1. The van der Waals surface area contributed by atoms with Gasteiger partial charge in [0.2, 0.25) is 0 Å². The van der Waals surface area contributed by atoms with Crippen molar-refractivity contribution in [3.8, 4) is 0 Å². The summed E-state index contributed by atoms with van der Waals surface area (Å²) in [5.74, 6) is -0.569. The molecule has 0 aliphatic rings. The van der Waals surface area contributed by atoms with E-state index in [1.165, 1.54) is 180 Å². The number of esters is 4. The summed E-state index contributed by atoms with van der Waals surface area (Å²) >= 11 is 0. The molecule has 0 heterocycles. The van der Waals surface area contributed by atoms with E-state index >= 15 is 0 Å². The van der Waals surface area contributed by atoms with E-state index in [-0.39, 0.29) is 25.7 Å². The number of hydrogen-bond donors (Lipinski definition) is 3. The molecule has 0 fully saturated rings. The zero-order valence-corrected chi connectivity index (χ0v) is 60.2. The highest BCUT2D eigenvalue weighted by atomic mass is 31.2. The van der Waals surface area contributed by atoms with Crippen molar-refractivity contribution in [2.75, 3.05) is 39.6 Å². The van der Waals surface area contributed by atoms with Crippen LogP contribution in [-0.4, -0.2) is 96.7 Å². The number of phosphoric ester groups is 2. The van der Waals surface area contributed by atoms with Crippen LogP contribution in [0.2, 0.25) is 0 Å². The van der Waals surface area contributed by atoms with Crippen molar-refractivity contribution < 1.29 is 80.2 Å². The molecule has 0 saturated carbocycles. The van der Waals surface area contributed by atoms with Crippen molar-refractivity contribution in [3.05, 3.63) is 0 Å². The lowest BCUT2D eigenvalue weighted by Crippen LogP contribution is -2.30. The number of hydrogen-bond acceptors (Lipinski definition) is 15. The first-order valence-electron chi connectivity index (χ1n) is 37.0. The Kier molecular flexibility index (Phi) is 61.8. The Hall–Kier alpha value is -1.94. The van der Waals surface area contributed by atoms with Gasteiger partial charge in [0.15, 0.2) is 12.2 Å². The maximum absolute atomic E-state index is 13.0. The molecule has 0 radical (unpaired) electrons. The van der Waals surface area contributed by atoms with E-state index in [1.54, 1.807) is 0 Å². The molecule has 0 amide bonds. The molecule has 2 unspecified atom stereocenters. The highest BCUT2D eigenvalue weighted by molar-refractivity contribution is 7.47. The van der Waals surface area contributed by atoms with Gasteiger partial charge in [0.1, 0.15) is 19.3 Å². The molecule has 19 heteroatoms. The average molecular weight is 1330 g/mol. The van der Waals surface area contributed by atoms with Gasteiger partial charge >= 0.3 is 39.5 Å². The largest absolute Gasteiger partial charge is 0.472 e. The van der Waals surface area contributed by atoms with E-state index in [1.807, 2.05) is 0 Å². The van der Waals surface area contributed by atoms with E-state index in [2.05, 4.69) is 41.5 Å². The lowest BCUT2D eigenvalue weighted by molar-refractivity contribution is -0.161. The first kappa shape index (κ1) is 88.1. The average Bonchev–Trinajstić information content (AvgIpc) is 2.90.